The Morgan fingerprint density at radius 1 is 1.58 bits per heavy atom. The van der Waals surface area contributed by atoms with Gasteiger partial charge in [0.1, 0.15) is 0 Å². The van der Waals surface area contributed by atoms with E-state index in [1.165, 1.54) is 24.3 Å². The molecule has 2 rings (SSSR count). The van der Waals surface area contributed by atoms with Gasteiger partial charge in [-0.3, -0.25) is 0 Å². The van der Waals surface area contributed by atoms with Crippen LogP contribution in [0, 0.1) is 5.41 Å². The van der Waals surface area contributed by atoms with Crippen LogP contribution in [0.4, 0.5) is 0 Å². The zero-order chi connectivity index (χ0) is 8.44. The lowest BCUT2D eigenvalue weighted by Gasteiger charge is -2.08. The molecule has 1 heterocycles. The summed E-state index contributed by atoms with van der Waals surface area (Å²) in [7, 11) is 0. The Hall–Kier alpha value is -0.340. The van der Waals surface area contributed by atoms with Crippen molar-refractivity contribution >= 4 is 11.3 Å². The van der Waals surface area contributed by atoms with Gasteiger partial charge in [-0.25, -0.2) is 0 Å². The van der Waals surface area contributed by atoms with Crippen LogP contribution in [-0.2, 0) is 6.54 Å². The van der Waals surface area contributed by atoms with Crippen molar-refractivity contribution in [3.05, 3.63) is 22.4 Å². The lowest BCUT2D eigenvalue weighted by Crippen LogP contribution is -2.20. The van der Waals surface area contributed by atoms with Gasteiger partial charge in [-0.15, -0.1) is 11.3 Å². The summed E-state index contributed by atoms with van der Waals surface area (Å²) in [5.41, 5.74) is 0.636. The van der Waals surface area contributed by atoms with Gasteiger partial charge in [-0.2, -0.15) is 0 Å². The van der Waals surface area contributed by atoms with Crippen LogP contribution in [0.3, 0.4) is 0 Å². The molecular weight excluding hydrogens is 166 g/mol. The van der Waals surface area contributed by atoms with Crippen molar-refractivity contribution in [2.75, 3.05) is 6.54 Å². The van der Waals surface area contributed by atoms with Gasteiger partial charge in [0.05, 0.1) is 0 Å². The van der Waals surface area contributed by atoms with Crippen molar-refractivity contribution in [3.63, 3.8) is 0 Å². The summed E-state index contributed by atoms with van der Waals surface area (Å²) in [4.78, 5) is 1.44. The van der Waals surface area contributed by atoms with E-state index >= 15 is 0 Å². The predicted octanol–water partition coefficient (Wildman–Crippen LogP) is 2.64. The number of rotatable bonds is 4. The van der Waals surface area contributed by atoms with E-state index in [4.69, 9.17) is 0 Å². The summed E-state index contributed by atoms with van der Waals surface area (Å²) in [6.45, 7) is 4.59. The minimum atomic E-state index is 0.636. The quantitative estimate of drug-likeness (QED) is 0.753. The molecule has 12 heavy (non-hydrogen) atoms. The minimum absolute atomic E-state index is 0.636. The average Bonchev–Trinajstić information content (AvgIpc) is 2.61. The highest BCUT2D eigenvalue weighted by Crippen LogP contribution is 2.44. The lowest BCUT2D eigenvalue weighted by atomic mass is 10.1. The summed E-state index contributed by atoms with van der Waals surface area (Å²) in [6, 6.07) is 4.30. The maximum Gasteiger partial charge on any atom is 0.0299 e. The molecule has 0 radical (unpaired) electrons. The maximum absolute atomic E-state index is 3.50. The Morgan fingerprint density at radius 2 is 2.42 bits per heavy atom. The van der Waals surface area contributed by atoms with Crippen LogP contribution >= 0.6 is 11.3 Å². The van der Waals surface area contributed by atoms with E-state index in [0.717, 1.165) is 6.54 Å². The molecule has 0 atom stereocenters. The maximum atomic E-state index is 3.50. The average molecular weight is 181 g/mol. The highest BCUT2D eigenvalue weighted by Gasteiger charge is 2.36. The van der Waals surface area contributed by atoms with E-state index in [1.807, 2.05) is 11.3 Å². The van der Waals surface area contributed by atoms with Crippen molar-refractivity contribution in [3.8, 4) is 0 Å². The molecule has 0 spiro atoms. The van der Waals surface area contributed by atoms with Crippen LogP contribution in [0.5, 0.6) is 0 Å². The predicted molar refractivity (Wildman–Crippen MR) is 53.4 cm³/mol. The van der Waals surface area contributed by atoms with E-state index < -0.39 is 0 Å². The van der Waals surface area contributed by atoms with Gasteiger partial charge in [0, 0.05) is 18.0 Å². The van der Waals surface area contributed by atoms with Crippen molar-refractivity contribution in [2.45, 2.75) is 26.3 Å². The molecule has 2 heteroatoms. The van der Waals surface area contributed by atoms with Crippen LogP contribution in [-0.4, -0.2) is 6.54 Å². The van der Waals surface area contributed by atoms with Gasteiger partial charge in [-0.05, 0) is 29.7 Å². The van der Waals surface area contributed by atoms with Crippen LogP contribution in [0.25, 0.3) is 0 Å². The fourth-order valence-corrected chi connectivity index (χ4v) is 1.97. The first-order chi connectivity index (χ1) is 5.79. The first kappa shape index (κ1) is 8.27. The molecule has 1 aromatic rings. The van der Waals surface area contributed by atoms with Crippen molar-refractivity contribution in [1.82, 2.24) is 5.32 Å². The van der Waals surface area contributed by atoms with Crippen LogP contribution < -0.4 is 5.32 Å². The number of nitrogens with one attached hydrogen (secondary N) is 1. The van der Waals surface area contributed by atoms with E-state index in [9.17, 15) is 0 Å². The molecule has 1 saturated carbocycles. The second-order valence-corrected chi connectivity index (χ2v) is 5.03. The molecule has 1 fully saturated rings. The van der Waals surface area contributed by atoms with E-state index in [0.29, 0.717) is 5.41 Å². The van der Waals surface area contributed by atoms with Gasteiger partial charge in [0.25, 0.3) is 0 Å². The molecule has 0 unspecified atom stereocenters. The SMILES string of the molecule is CC1(CNCc2cccs2)CC1. The van der Waals surface area contributed by atoms with Crippen molar-refractivity contribution < 1.29 is 0 Å². The molecule has 66 valence electrons. The van der Waals surface area contributed by atoms with Crippen LogP contribution in [0.1, 0.15) is 24.6 Å². The summed E-state index contributed by atoms with van der Waals surface area (Å²) < 4.78 is 0. The van der Waals surface area contributed by atoms with Crippen molar-refractivity contribution in [1.29, 1.82) is 0 Å². The van der Waals surface area contributed by atoms with Crippen LogP contribution in [0.2, 0.25) is 0 Å². The van der Waals surface area contributed by atoms with Gasteiger partial charge < -0.3 is 5.32 Å². The molecule has 0 aromatic carbocycles. The molecule has 1 aliphatic carbocycles. The van der Waals surface area contributed by atoms with E-state index in [2.05, 4.69) is 29.8 Å². The third-order valence-electron chi connectivity index (χ3n) is 2.53. The smallest absolute Gasteiger partial charge is 0.0299 e. The molecule has 0 amide bonds. The number of hydrogen-bond acceptors (Lipinski definition) is 2. The first-order valence-corrected chi connectivity index (χ1v) is 5.40. The molecule has 0 aliphatic heterocycles. The first-order valence-electron chi connectivity index (χ1n) is 4.52. The Kier molecular flexibility index (Phi) is 2.20. The molecule has 1 aromatic heterocycles. The fraction of sp³-hybridized carbons (Fsp3) is 0.600. The largest absolute Gasteiger partial charge is 0.311 e. The van der Waals surface area contributed by atoms with Gasteiger partial charge in [0.2, 0.25) is 0 Å². The molecule has 0 saturated heterocycles. The molecule has 1 N–H and O–H groups in total. The second-order valence-electron chi connectivity index (χ2n) is 3.99. The standard InChI is InChI=1S/C10H15NS/c1-10(4-5-10)8-11-7-9-3-2-6-12-9/h2-3,6,11H,4-5,7-8H2,1H3. The number of thiophene rings is 1. The molecule has 1 aliphatic rings. The second kappa shape index (κ2) is 3.19. The van der Waals surface area contributed by atoms with Gasteiger partial charge in [-0.1, -0.05) is 13.0 Å². The lowest BCUT2D eigenvalue weighted by molar-refractivity contribution is 0.501. The molecule has 1 nitrogen and oxygen atoms in total. The highest BCUT2D eigenvalue weighted by molar-refractivity contribution is 7.09. The van der Waals surface area contributed by atoms with Crippen LogP contribution in [0.15, 0.2) is 17.5 Å². The Labute approximate surface area is 77.8 Å². The molecule has 0 bridgehead atoms. The molecular formula is C10H15NS. The summed E-state index contributed by atoms with van der Waals surface area (Å²) in [6.07, 6.45) is 2.81. The highest BCUT2D eigenvalue weighted by atomic mass is 32.1. The summed E-state index contributed by atoms with van der Waals surface area (Å²) in [5, 5.41) is 5.64. The zero-order valence-electron chi connectivity index (χ0n) is 7.47. The van der Waals surface area contributed by atoms with Gasteiger partial charge in [0.15, 0.2) is 0 Å². The summed E-state index contributed by atoms with van der Waals surface area (Å²) in [5.74, 6) is 0. The third kappa shape index (κ3) is 2.08. The third-order valence-corrected chi connectivity index (χ3v) is 3.41. The topological polar surface area (TPSA) is 12.0 Å². The normalized spacial score (nSPS) is 19.4. The Bertz CT molecular complexity index is 236. The van der Waals surface area contributed by atoms with Gasteiger partial charge >= 0.3 is 0 Å². The van der Waals surface area contributed by atoms with E-state index in [1.54, 1.807) is 0 Å². The van der Waals surface area contributed by atoms with Crippen molar-refractivity contribution in [2.24, 2.45) is 5.41 Å². The number of hydrogen-bond donors (Lipinski definition) is 1. The minimum Gasteiger partial charge on any atom is -0.311 e. The zero-order valence-corrected chi connectivity index (χ0v) is 8.29. The Morgan fingerprint density at radius 3 is 3.00 bits per heavy atom. The van der Waals surface area contributed by atoms with E-state index in [-0.39, 0.29) is 0 Å². The fourth-order valence-electron chi connectivity index (χ4n) is 1.29. The summed E-state index contributed by atoms with van der Waals surface area (Å²) >= 11 is 1.83. The Balaban J connectivity index is 1.69. The monoisotopic (exact) mass is 181 g/mol.